The number of aryl methyl sites for hydroxylation is 1. The molecule has 4 aliphatic rings. The lowest BCUT2D eigenvalue weighted by Crippen LogP contribution is -2.54. The second-order valence-electron chi connectivity index (χ2n) is 13.9. The summed E-state index contributed by atoms with van der Waals surface area (Å²) in [5, 5.41) is 0. The van der Waals surface area contributed by atoms with Crippen molar-refractivity contribution in [1.82, 2.24) is 24.3 Å². The zero-order chi connectivity index (χ0) is 30.6. The maximum Gasteiger partial charge on any atom is 0.245 e. The van der Waals surface area contributed by atoms with E-state index in [1.165, 1.54) is 41.7 Å². The summed E-state index contributed by atoms with van der Waals surface area (Å²) >= 11 is 0. The summed E-state index contributed by atoms with van der Waals surface area (Å²) in [6.45, 7) is 7.99. The van der Waals surface area contributed by atoms with Crippen LogP contribution in [0.4, 0.5) is 0 Å². The van der Waals surface area contributed by atoms with Crippen LogP contribution in [0.25, 0.3) is 11.0 Å². The third-order valence-corrected chi connectivity index (χ3v) is 11.4. The van der Waals surface area contributed by atoms with E-state index < -0.39 is 6.04 Å². The van der Waals surface area contributed by atoms with E-state index in [9.17, 15) is 14.4 Å². The standard InChI is InChI=1S/C36H45N5O3/c1-24-21-33(42)40(34(24)43)25(2)35(44)38-18-15-36(16-19-38,27-9-5-4-6-10-27)17-20-39-28-13-14-29(39)23-30(22-28)41-26(3)37-31-11-7-8-12-32(31)41/h4-12,24-25,28-30H,13-23H2,1-3H3/t24?,25?,28-,29+,30?. The molecular formula is C36H45N5O3. The lowest BCUT2D eigenvalue weighted by Gasteiger charge is -2.46. The van der Waals surface area contributed by atoms with E-state index in [4.69, 9.17) is 4.98 Å². The van der Waals surface area contributed by atoms with Crippen molar-refractivity contribution >= 4 is 28.8 Å². The number of carbonyl (C=O) groups is 3. The fourth-order valence-electron chi connectivity index (χ4n) is 9.01. The predicted octanol–water partition coefficient (Wildman–Crippen LogP) is 5.25. The minimum atomic E-state index is -0.739. The van der Waals surface area contributed by atoms with Crippen molar-refractivity contribution in [2.24, 2.45) is 5.92 Å². The quantitative estimate of drug-likeness (QED) is 0.349. The number of hydrogen-bond donors (Lipinski definition) is 0. The van der Waals surface area contributed by atoms with E-state index in [1.54, 1.807) is 13.8 Å². The molecule has 5 atom stereocenters. The molecule has 0 saturated carbocycles. The van der Waals surface area contributed by atoms with Crippen LogP contribution in [-0.2, 0) is 19.8 Å². The SMILES string of the molecule is Cc1nc2ccccc2n1C1C[C@H]2CC[C@@H](C1)N2CCC1(c2ccccc2)CCN(C(=O)C(C)N2C(=O)CC(C)C2=O)CC1. The Morgan fingerprint density at radius 1 is 0.955 bits per heavy atom. The maximum absolute atomic E-state index is 13.5. The van der Waals surface area contributed by atoms with Crippen molar-refractivity contribution in [2.75, 3.05) is 19.6 Å². The molecule has 4 aliphatic heterocycles. The van der Waals surface area contributed by atoms with Crippen LogP contribution in [0.15, 0.2) is 54.6 Å². The lowest BCUT2D eigenvalue weighted by atomic mass is 9.70. The minimum Gasteiger partial charge on any atom is -0.341 e. The molecule has 4 fully saturated rings. The van der Waals surface area contributed by atoms with Gasteiger partial charge in [-0.3, -0.25) is 24.2 Å². The van der Waals surface area contributed by atoms with Gasteiger partial charge >= 0.3 is 0 Å². The van der Waals surface area contributed by atoms with Gasteiger partial charge in [0.2, 0.25) is 17.7 Å². The number of aromatic nitrogens is 2. The van der Waals surface area contributed by atoms with E-state index in [2.05, 4.69) is 71.0 Å². The number of hydrogen-bond acceptors (Lipinski definition) is 5. The van der Waals surface area contributed by atoms with E-state index in [0.717, 1.165) is 37.1 Å². The molecule has 4 saturated heterocycles. The average molecular weight is 596 g/mol. The molecule has 7 rings (SSSR count). The molecule has 5 heterocycles. The number of imidazole rings is 1. The molecule has 2 bridgehead atoms. The molecule has 3 amide bonds. The fraction of sp³-hybridized carbons (Fsp3) is 0.556. The van der Waals surface area contributed by atoms with E-state index in [-0.39, 0.29) is 35.5 Å². The van der Waals surface area contributed by atoms with Gasteiger partial charge < -0.3 is 9.47 Å². The van der Waals surface area contributed by atoms with Crippen LogP contribution in [0.2, 0.25) is 0 Å². The molecule has 1 aromatic heterocycles. The van der Waals surface area contributed by atoms with Crippen molar-refractivity contribution in [2.45, 2.75) is 102 Å². The highest BCUT2D eigenvalue weighted by Gasteiger charge is 2.46. The Hall–Kier alpha value is -3.52. The number of para-hydroxylation sites is 2. The van der Waals surface area contributed by atoms with Crippen molar-refractivity contribution < 1.29 is 14.4 Å². The number of amides is 3. The third-order valence-electron chi connectivity index (χ3n) is 11.4. The van der Waals surface area contributed by atoms with Gasteiger partial charge in [0.25, 0.3) is 0 Å². The van der Waals surface area contributed by atoms with Crippen LogP contribution in [0.5, 0.6) is 0 Å². The van der Waals surface area contributed by atoms with Gasteiger partial charge in [-0.1, -0.05) is 49.4 Å². The highest BCUT2D eigenvalue weighted by atomic mass is 16.2. The molecule has 0 aliphatic carbocycles. The summed E-state index contributed by atoms with van der Waals surface area (Å²) in [7, 11) is 0. The fourth-order valence-corrected chi connectivity index (χ4v) is 9.01. The molecule has 3 aromatic rings. The topological polar surface area (TPSA) is 78.8 Å². The third kappa shape index (κ3) is 4.95. The van der Waals surface area contributed by atoms with Gasteiger partial charge in [0.1, 0.15) is 11.9 Å². The lowest BCUT2D eigenvalue weighted by molar-refractivity contribution is -0.151. The highest BCUT2D eigenvalue weighted by molar-refractivity contribution is 6.06. The zero-order valence-corrected chi connectivity index (χ0v) is 26.3. The summed E-state index contributed by atoms with van der Waals surface area (Å²) in [5.74, 6) is 0.226. The van der Waals surface area contributed by atoms with Crippen molar-refractivity contribution in [3.8, 4) is 0 Å². The van der Waals surface area contributed by atoms with Crippen LogP contribution in [0.1, 0.15) is 82.6 Å². The molecule has 0 radical (unpaired) electrons. The van der Waals surface area contributed by atoms with Gasteiger partial charge in [0.05, 0.1) is 11.0 Å². The average Bonchev–Trinajstić information content (AvgIpc) is 3.60. The zero-order valence-electron chi connectivity index (χ0n) is 26.3. The van der Waals surface area contributed by atoms with Crippen LogP contribution in [0.3, 0.4) is 0 Å². The van der Waals surface area contributed by atoms with Crippen molar-refractivity contribution in [3.63, 3.8) is 0 Å². The minimum absolute atomic E-state index is 0.00248. The van der Waals surface area contributed by atoms with E-state index >= 15 is 0 Å². The highest BCUT2D eigenvalue weighted by Crippen LogP contribution is 2.45. The molecular weight excluding hydrogens is 550 g/mol. The molecule has 0 N–H and O–H groups in total. The predicted molar refractivity (Wildman–Crippen MR) is 170 cm³/mol. The first-order valence-electron chi connectivity index (χ1n) is 16.7. The molecule has 8 nitrogen and oxygen atoms in total. The number of imide groups is 1. The second-order valence-corrected chi connectivity index (χ2v) is 13.9. The van der Waals surface area contributed by atoms with E-state index in [0.29, 0.717) is 31.2 Å². The number of likely N-dealkylation sites (tertiary alicyclic amines) is 2. The molecule has 44 heavy (non-hydrogen) atoms. The number of carbonyl (C=O) groups excluding carboxylic acids is 3. The molecule has 232 valence electrons. The largest absolute Gasteiger partial charge is 0.341 e. The molecule has 0 spiro atoms. The first kappa shape index (κ1) is 29.2. The van der Waals surface area contributed by atoms with Gasteiger partial charge in [0, 0.05) is 43.6 Å². The Bertz CT molecular complexity index is 1540. The van der Waals surface area contributed by atoms with Crippen LogP contribution in [0, 0.1) is 12.8 Å². The smallest absolute Gasteiger partial charge is 0.245 e. The summed E-state index contributed by atoms with van der Waals surface area (Å²) in [4.78, 5) is 49.4. The van der Waals surface area contributed by atoms with Gasteiger partial charge in [-0.25, -0.2) is 4.98 Å². The maximum atomic E-state index is 13.5. The number of rotatable bonds is 7. The first-order valence-corrected chi connectivity index (χ1v) is 16.7. The van der Waals surface area contributed by atoms with Crippen molar-refractivity contribution in [1.29, 1.82) is 0 Å². The van der Waals surface area contributed by atoms with Gasteiger partial charge in [-0.15, -0.1) is 0 Å². The Balaban J connectivity index is 1.04. The van der Waals surface area contributed by atoms with Crippen LogP contribution >= 0.6 is 0 Å². The molecule has 3 unspecified atom stereocenters. The van der Waals surface area contributed by atoms with Crippen molar-refractivity contribution in [3.05, 3.63) is 66.0 Å². The van der Waals surface area contributed by atoms with Gasteiger partial charge in [-0.05, 0) is 88.4 Å². The Morgan fingerprint density at radius 2 is 1.61 bits per heavy atom. The number of piperidine rings is 2. The monoisotopic (exact) mass is 595 g/mol. The second kappa shape index (κ2) is 11.4. The Kier molecular flexibility index (Phi) is 7.59. The number of fused-ring (bicyclic) bond motifs is 3. The van der Waals surface area contributed by atoms with Gasteiger partial charge in [-0.2, -0.15) is 0 Å². The Labute approximate surface area is 260 Å². The van der Waals surface area contributed by atoms with Gasteiger partial charge in [0.15, 0.2) is 0 Å². The number of benzene rings is 2. The summed E-state index contributed by atoms with van der Waals surface area (Å²) in [5.41, 5.74) is 3.72. The van der Waals surface area contributed by atoms with Crippen LogP contribution < -0.4 is 0 Å². The first-order chi connectivity index (χ1) is 21.3. The van der Waals surface area contributed by atoms with Crippen LogP contribution in [-0.4, -0.2) is 79.7 Å². The summed E-state index contributed by atoms with van der Waals surface area (Å²) in [6.07, 6.45) is 7.91. The Morgan fingerprint density at radius 3 is 2.27 bits per heavy atom. The summed E-state index contributed by atoms with van der Waals surface area (Å²) in [6, 6.07) is 20.3. The molecule has 2 aromatic carbocycles. The normalized spacial score (nSPS) is 27.8. The molecule has 8 heteroatoms. The summed E-state index contributed by atoms with van der Waals surface area (Å²) < 4.78 is 2.50. The van der Waals surface area contributed by atoms with E-state index in [1.807, 2.05) is 4.90 Å². The number of nitrogens with zero attached hydrogens (tertiary/aromatic N) is 5.